The molecule has 82 valence electrons. The molecule has 1 aromatic carbocycles. The number of nitrogens with zero attached hydrogens (tertiary/aromatic N) is 1. The van der Waals surface area contributed by atoms with Crippen molar-refractivity contribution in [2.45, 2.75) is 6.54 Å². The number of nitrogen functional groups attached to an aromatic ring is 1. The molecule has 0 saturated carbocycles. The van der Waals surface area contributed by atoms with Gasteiger partial charge in [0.15, 0.2) is 0 Å². The van der Waals surface area contributed by atoms with Crippen molar-refractivity contribution in [3.63, 3.8) is 0 Å². The monoisotopic (exact) mass is 230 g/mol. The number of rotatable bonds is 4. The molecule has 1 rings (SSSR count). The van der Waals surface area contributed by atoms with Crippen molar-refractivity contribution in [1.29, 1.82) is 0 Å². The molecule has 1 unspecified atom stereocenters. The molecular formula is C7H8N3O4S-. The SMILES string of the molecule is Nc1cc(C[N+](=O)[O-])ccc1NS(=O)[O-]. The smallest absolute Gasteiger partial charge is 0.229 e. The van der Waals surface area contributed by atoms with Crippen molar-refractivity contribution in [2.24, 2.45) is 0 Å². The Morgan fingerprint density at radius 1 is 1.53 bits per heavy atom. The Labute approximate surface area is 87.9 Å². The van der Waals surface area contributed by atoms with Crippen LogP contribution in [-0.4, -0.2) is 13.7 Å². The van der Waals surface area contributed by atoms with Crippen LogP contribution in [0.25, 0.3) is 0 Å². The van der Waals surface area contributed by atoms with E-state index in [1.54, 1.807) is 0 Å². The van der Waals surface area contributed by atoms with Crippen LogP contribution >= 0.6 is 0 Å². The number of hydrogen-bond donors (Lipinski definition) is 2. The highest BCUT2D eigenvalue weighted by Crippen LogP contribution is 2.20. The van der Waals surface area contributed by atoms with E-state index >= 15 is 0 Å². The fourth-order valence-electron chi connectivity index (χ4n) is 1.04. The Bertz CT molecular complexity index is 409. The standard InChI is InChI=1S/C7H9N3O4S/c8-6-3-5(4-10(11)12)1-2-7(6)9-15(13)14/h1-3,9H,4,8H2,(H,13,14)/p-1. The first-order valence-corrected chi connectivity index (χ1v) is 4.92. The third-order valence-electron chi connectivity index (χ3n) is 1.62. The predicted octanol–water partition coefficient (Wildman–Crippen LogP) is 0.251. The van der Waals surface area contributed by atoms with Gasteiger partial charge in [-0.1, -0.05) is 6.07 Å². The van der Waals surface area contributed by atoms with Gasteiger partial charge in [0.05, 0.1) is 11.4 Å². The fraction of sp³-hybridized carbons (Fsp3) is 0.143. The summed E-state index contributed by atoms with van der Waals surface area (Å²) in [5, 5.41) is 10.2. The molecule has 0 fully saturated rings. The lowest BCUT2D eigenvalue weighted by Gasteiger charge is -2.11. The minimum atomic E-state index is -2.46. The van der Waals surface area contributed by atoms with E-state index in [2.05, 4.69) is 4.72 Å². The topological polar surface area (TPSA) is 121 Å². The largest absolute Gasteiger partial charge is 0.755 e. The van der Waals surface area contributed by atoms with Gasteiger partial charge in [-0.25, -0.2) is 0 Å². The second-order valence-corrected chi connectivity index (χ2v) is 3.42. The molecule has 7 nitrogen and oxygen atoms in total. The molecule has 15 heavy (non-hydrogen) atoms. The van der Waals surface area contributed by atoms with Crippen LogP contribution in [0.15, 0.2) is 18.2 Å². The van der Waals surface area contributed by atoms with Gasteiger partial charge in [0.25, 0.3) is 0 Å². The van der Waals surface area contributed by atoms with Gasteiger partial charge in [0.2, 0.25) is 6.54 Å². The molecule has 0 amide bonds. The second kappa shape index (κ2) is 4.71. The van der Waals surface area contributed by atoms with Crippen LogP contribution in [0, 0.1) is 10.1 Å². The van der Waals surface area contributed by atoms with Gasteiger partial charge < -0.3 is 15.0 Å². The Morgan fingerprint density at radius 2 is 2.20 bits per heavy atom. The maximum Gasteiger partial charge on any atom is 0.229 e. The summed E-state index contributed by atoms with van der Waals surface area (Å²) >= 11 is -2.46. The number of anilines is 2. The van der Waals surface area contributed by atoms with E-state index in [-0.39, 0.29) is 17.9 Å². The van der Waals surface area contributed by atoms with Gasteiger partial charge in [-0.05, 0) is 12.1 Å². The summed E-state index contributed by atoms with van der Waals surface area (Å²) in [5.74, 6) is 0. The van der Waals surface area contributed by atoms with Gasteiger partial charge in [-0.3, -0.25) is 14.3 Å². The summed E-state index contributed by atoms with van der Waals surface area (Å²) in [6.07, 6.45) is 0. The van der Waals surface area contributed by atoms with Crippen LogP contribution in [0.2, 0.25) is 0 Å². The van der Waals surface area contributed by atoms with Crippen molar-refractivity contribution in [3.05, 3.63) is 33.9 Å². The molecule has 3 N–H and O–H groups in total. The molecule has 8 heteroatoms. The zero-order valence-corrected chi connectivity index (χ0v) is 8.32. The third-order valence-corrected chi connectivity index (χ3v) is 2.01. The number of nitrogens with two attached hydrogens (primary N) is 1. The summed E-state index contributed by atoms with van der Waals surface area (Å²) in [6.45, 7) is -0.342. The van der Waals surface area contributed by atoms with Crippen LogP contribution in [0.4, 0.5) is 11.4 Å². The Morgan fingerprint density at radius 3 is 2.67 bits per heavy atom. The van der Waals surface area contributed by atoms with Crippen molar-refractivity contribution >= 4 is 22.6 Å². The summed E-state index contributed by atoms with van der Waals surface area (Å²) in [5.41, 5.74) is 6.26. The molecule has 0 aliphatic heterocycles. The van der Waals surface area contributed by atoms with Crippen LogP contribution in [0.1, 0.15) is 5.56 Å². The van der Waals surface area contributed by atoms with Gasteiger partial charge in [-0.2, -0.15) is 0 Å². The summed E-state index contributed by atoms with van der Waals surface area (Å²) in [6, 6.07) is 4.18. The van der Waals surface area contributed by atoms with Crippen molar-refractivity contribution in [3.8, 4) is 0 Å². The first kappa shape index (κ1) is 11.4. The molecule has 1 atom stereocenters. The number of nitrogens with one attached hydrogen (secondary N) is 1. The first-order chi connectivity index (χ1) is 6.99. The van der Waals surface area contributed by atoms with Crippen LogP contribution in [-0.2, 0) is 17.8 Å². The van der Waals surface area contributed by atoms with Crippen LogP contribution in [0.5, 0.6) is 0 Å². The average Bonchev–Trinajstić information content (AvgIpc) is 2.08. The lowest BCUT2D eigenvalue weighted by Crippen LogP contribution is -2.06. The molecule has 0 heterocycles. The number of nitro groups is 1. The summed E-state index contributed by atoms with van der Waals surface area (Å²) in [7, 11) is 0. The highest BCUT2D eigenvalue weighted by Gasteiger charge is 2.04. The summed E-state index contributed by atoms with van der Waals surface area (Å²) < 4.78 is 22.7. The molecule has 0 bridgehead atoms. The van der Waals surface area contributed by atoms with E-state index in [1.165, 1.54) is 18.2 Å². The van der Waals surface area contributed by atoms with E-state index in [9.17, 15) is 18.9 Å². The second-order valence-electron chi connectivity index (χ2n) is 2.75. The molecule has 0 spiro atoms. The number of hydrogen-bond acceptors (Lipinski definition) is 5. The minimum Gasteiger partial charge on any atom is -0.755 e. The quantitative estimate of drug-likeness (QED) is 0.332. The molecule has 0 aliphatic rings. The lowest BCUT2D eigenvalue weighted by molar-refractivity contribution is -0.496. The third kappa shape index (κ3) is 3.52. The van der Waals surface area contributed by atoms with Gasteiger partial charge in [0, 0.05) is 21.8 Å². The van der Waals surface area contributed by atoms with E-state index in [1.807, 2.05) is 0 Å². The van der Waals surface area contributed by atoms with E-state index in [4.69, 9.17) is 5.73 Å². The molecule has 0 radical (unpaired) electrons. The molecule has 0 aromatic heterocycles. The van der Waals surface area contributed by atoms with Crippen molar-refractivity contribution in [2.75, 3.05) is 10.5 Å². The molecule has 0 aliphatic carbocycles. The fourth-order valence-corrected chi connectivity index (χ4v) is 1.41. The molecule has 1 aromatic rings. The van der Waals surface area contributed by atoms with Crippen molar-refractivity contribution < 1.29 is 13.7 Å². The highest BCUT2D eigenvalue weighted by molar-refractivity contribution is 7.80. The predicted molar refractivity (Wildman–Crippen MR) is 54.1 cm³/mol. The average molecular weight is 230 g/mol. The first-order valence-electron chi connectivity index (χ1n) is 3.85. The highest BCUT2D eigenvalue weighted by atomic mass is 32.2. The van der Waals surface area contributed by atoms with Gasteiger partial charge in [-0.15, -0.1) is 0 Å². The van der Waals surface area contributed by atoms with Crippen LogP contribution < -0.4 is 10.5 Å². The maximum absolute atomic E-state index is 10.3. The Balaban J connectivity index is 2.87. The zero-order chi connectivity index (χ0) is 11.4. The zero-order valence-electron chi connectivity index (χ0n) is 7.50. The van der Waals surface area contributed by atoms with E-state index in [0.29, 0.717) is 5.56 Å². The van der Waals surface area contributed by atoms with E-state index in [0.717, 1.165) is 0 Å². The normalized spacial score (nSPS) is 12.1. The lowest BCUT2D eigenvalue weighted by atomic mass is 10.2. The Hall–Kier alpha value is -1.67. The Kier molecular flexibility index (Phi) is 3.58. The summed E-state index contributed by atoms with van der Waals surface area (Å²) in [4.78, 5) is 9.70. The minimum absolute atomic E-state index is 0.151. The van der Waals surface area contributed by atoms with E-state index < -0.39 is 16.2 Å². The number of benzene rings is 1. The molecular weight excluding hydrogens is 222 g/mol. The van der Waals surface area contributed by atoms with Gasteiger partial charge >= 0.3 is 0 Å². The maximum atomic E-state index is 10.3. The van der Waals surface area contributed by atoms with Crippen molar-refractivity contribution in [1.82, 2.24) is 0 Å². The van der Waals surface area contributed by atoms with Crippen LogP contribution in [0.3, 0.4) is 0 Å². The molecule has 0 saturated heterocycles. The van der Waals surface area contributed by atoms with Gasteiger partial charge in [0.1, 0.15) is 0 Å².